The van der Waals surface area contributed by atoms with Gasteiger partial charge in [-0.25, -0.2) is 0 Å². The minimum Gasteiger partial charge on any atom is -0.391 e. The van der Waals surface area contributed by atoms with Gasteiger partial charge in [-0.15, -0.1) is 0 Å². The van der Waals surface area contributed by atoms with Crippen molar-refractivity contribution in [3.8, 4) is 0 Å². The highest BCUT2D eigenvalue weighted by Gasteiger charge is 2.02. The molecule has 2 heteroatoms. The van der Waals surface area contributed by atoms with Crippen LogP contribution in [0.3, 0.4) is 0 Å². The van der Waals surface area contributed by atoms with Crippen molar-refractivity contribution in [2.75, 3.05) is 34.3 Å². The fourth-order valence-electron chi connectivity index (χ4n) is 1.86. The van der Waals surface area contributed by atoms with Crippen LogP contribution in [-0.4, -0.2) is 43.9 Å². The number of hydrogen-bond donors (Lipinski definition) is 1. The smallest absolute Gasteiger partial charge is 0.101 e. The largest absolute Gasteiger partial charge is 0.391 e. The second-order valence-corrected chi connectivity index (χ2v) is 6.57. The van der Waals surface area contributed by atoms with Crippen molar-refractivity contribution in [2.45, 2.75) is 78.1 Å². The number of aliphatic hydroxyl groups is 1. The van der Waals surface area contributed by atoms with Crippen molar-refractivity contribution in [2.24, 2.45) is 0 Å². The summed E-state index contributed by atoms with van der Waals surface area (Å²) in [6, 6.07) is 0. The van der Waals surface area contributed by atoms with E-state index in [-0.39, 0.29) is 6.61 Å². The van der Waals surface area contributed by atoms with Crippen LogP contribution in [0.15, 0.2) is 0 Å². The average Bonchev–Trinajstić information content (AvgIpc) is 2.32. The minimum atomic E-state index is 0.281. The quantitative estimate of drug-likeness (QED) is 0.431. The van der Waals surface area contributed by atoms with Gasteiger partial charge in [0.25, 0.3) is 0 Å². The van der Waals surface area contributed by atoms with E-state index in [1.54, 1.807) is 0 Å². The van der Waals surface area contributed by atoms with Gasteiger partial charge in [0.2, 0.25) is 0 Å². The molecule has 0 aromatic rings. The number of unbranched alkanes of at least 4 members (excludes halogenated alkanes) is 9. The maximum absolute atomic E-state index is 8.39. The van der Waals surface area contributed by atoms with Gasteiger partial charge < -0.3 is 9.59 Å². The summed E-state index contributed by atoms with van der Waals surface area (Å²) in [7, 11) is 6.16. The molecule has 0 aliphatic carbocycles. The monoisotopic (exact) mass is 274 g/mol. The van der Waals surface area contributed by atoms with Crippen LogP contribution in [0.2, 0.25) is 0 Å². The Balaban J connectivity index is 0. The lowest BCUT2D eigenvalue weighted by Gasteiger charge is -2.21. The lowest BCUT2D eigenvalue weighted by atomic mass is 10.1. The SMILES string of the molecule is CCCCCCCCCCCC.C[N+](C)(C)CCO. The third-order valence-corrected chi connectivity index (χ3v) is 3.23. The van der Waals surface area contributed by atoms with E-state index < -0.39 is 0 Å². The first kappa shape index (κ1) is 21.2. The van der Waals surface area contributed by atoms with Gasteiger partial charge in [0, 0.05) is 0 Å². The first-order valence-electron chi connectivity index (χ1n) is 8.39. The molecule has 0 rings (SSSR count). The number of nitrogens with zero attached hydrogens (tertiary/aromatic N) is 1. The van der Waals surface area contributed by atoms with Gasteiger partial charge in [0.1, 0.15) is 6.54 Å². The van der Waals surface area contributed by atoms with Crippen molar-refractivity contribution in [3.05, 3.63) is 0 Å². The predicted molar refractivity (Wildman–Crippen MR) is 87.5 cm³/mol. The standard InChI is InChI=1S/C12H26.C5H14NO/c1-3-5-7-9-11-12-10-8-6-4-2;1-6(2,3)4-5-7/h3-12H2,1-2H3;7H,4-5H2,1-3H3/q;+1. The van der Waals surface area contributed by atoms with Gasteiger partial charge in [-0.1, -0.05) is 78.1 Å². The molecule has 2 nitrogen and oxygen atoms in total. The second kappa shape index (κ2) is 16.0. The molecule has 0 unspecified atom stereocenters. The van der Waals surface area contributed by atoms with E-state index in [1.807, 2.05) is 0 Å². The highest BCUT2D eigenvalue weighted by atomic mass is 16.3. The first-order chi connectivity index (χ1) is 8.97. The normalized spacial score (nSPS) is 11.1. The third-order valence-electron chi connectivity index (χ3n) is 3.23. The second-order valence-electron chi connectivity index (χ2n) is 6.57. The van der Waals surface area contributed by atoms with Crippen molar-refractivity contribution in [3.63, 3.8) is 0 Å². The summed E-state index contributed by atoms with van der Waals surface area (Å²) in [5, 5.41) is 8.39. The zero-order chi connectivity index (χ0) is 15.0. The van der Waals surface area contributed by atoms with Crippen LogP contribution in [0.5, 0.6) is 0 Å². The van der Waals surface area contributed by atoms with Crippen molar-refractivity contribution in [1.29, 1.82) is 0 Å². The summed E-state index contributed by atoms with van der Waals surface area (Å²) < 4.78 is 0.844. The molecule has 0 heterocycles. The lowest BCUT2D eigenvalue weighted by molar-refractivity contribution is -0.870. The summed E-state index contributed by atoms with van der Waals surface area (Å²) in [5.74, 6) is 0. The van der Waals surface area contributed by atoms with Gasteiger partial charge >= 0.3 is 0 Å². The molecule has 0 saturated carbocycles. The molecule has 0 atom stereocenters. The lowest BCUT2D eigenvalue weighted by Crippen LogP contribution is -2.36. The first-order valence-corrected chi connectivity index (χ1v) is 8.39. The Morgan fingerprint density at radius 1 is 0.632 bits per heavy atom. The molecule has 19 heavy (non-hydrogen) atoms. The van der Waals surface area contributed by atoms with E-state index in [0.29, 0.717) is 0 Å². The van der Waals surface area contributed by atoms with Gasteiger partial charge in [0.15, 0.2) is 0 Å². The molecule has 0 radical (unpaired) electrons. The Hall–Kier alpha value is -0.0800. The van der Waals surface area contributed by atoms with E-state index in [4.69, 9.17) is 5.11 Å². The summed E-state index contributed by atoms with van der Waals surface area (Å²) in [5.41, 5.74) is 0. The summed E-state index contributed by atoms with van der Waals surface area (Å²) in [6.07, 6.45) is 14.4. The maximum Gasteiger partial charge on any atom is 0.101 e. The molecule has 0 aliphatic heterocycles. The van der Waals surface area contributed by atoms with E-state index in [2.05, 4.69) is 35.0 Å². The fourth-order valence-corrected chi connectivity index (χ4v) is 1.86. The number of quaternary nitrogens is 1. The summed E-state index contributed by atoms with van der Waals surface area (Å²) in [6.45, 7) is 5.67. The van der Waals surface area contributed by atoms with Crippen LogP contribution < -0.4 is 0 Å². The van der Waals surface area contributed by atoms with Crippen LogP contribution in [0, 0.1) is 0 Å². The molecule has 0 fully saturated rings. The molecule has 0 aromatic carbocycles. The molecule has 0 aromatic heterocycles. The van der Waals surface area contributed by atoms with Gasteiger partial charge in [-0.3, -0.25) is 0 Å². The Bertz CT molecular complexity index is 142. The Morgan fingerprint density at radius 3 is 1.11 bits per heavy atom. The molecule has 0 saturated heterocycles. The van der Waals surface area contributed by atoms with E-state index >= 15 is 0 Å². The molecule has 0 bridgehead atoms. The summed E-state index contributed by atoms with van der Waals surface area (Å²) in [4.78, 5) is 0. The van der Waals surface area contributed by atoms with Crippen molar-refractivity contribution in [1.82, 2.24) is 0 Å². The minimum absolute atomic E-state index is 0.281. The van der Waals surface area contributed by atoms with E-state index in [0.717, 1.165) is 11.0 Å². The van der Waals surface area contributed by atoms with Gasteiger partial charge in [-0.2, -0.15) is 0 Å². The molecule has 0 spiro atoms. The van der Waals surface area contributed by atoms with Crippen molar-refractivity contribution >= 4 is 0 Å². The van der Waals surface area contributed by atoms with Crippen LogP contribution in [0.25, 0.3) is 0 Å². The molecule has 0 aliphatic rings. The molecule has 1 N–H and O–H groups in total. The molecular weight excluding hydrogens is 234 g/mol. The Labute approximate surface area is 122 Å². The highest BCUT2D eigenvalue weighted by molar-refractivity contribution is 4.45. The van der Waals surface area contributed by atoms with Gasteiger partial charge in [0.05, 0.1) is 27.7 Å². The average molecular weight is 275 g/mol. The third kappa shape index (κ3) is 27.2. The molecular formula is C17H40NO+. The van der Waals surface area contributed by atoms with Crippen LogP contribution in [-0.2, 0) is 0 Å². The number of rotatable bonds is 11. The topological polar surface area (TPSA) is 20.2 Å². The number of hydrogen-bond acceptors (Lipinski definition) is 1. The zero-order valence-corrected chi connectivity index (χ0v) is 14.4. The van der Waals surface area contributed by atoms with Gasteiger partial charge in [-0.05, 0) is 0 Å². The highest BCUT2D eigenvalue weighted by Crippen LogP contribution is 2.09. The predicted octanol–water partition coefficient (Wildman–Crippen LogP) is 4.61. The Morgan fingerprint density at radius 2 is 0.947 bits per heavy atom. The fraction of sp³-hybridized carbons (Fsp3) is 1.00. The van der Waals surface area contributed by atoms with Crippen molar-refractivity contribution < 1.29 is 9.59 Å². The molecule has 118 valence electrons. The van der Waals surface area contributed by atoms with Crippen LogP contribution in [0.4, 0.5) is 0 Å². The Kier molecular flexibility index (Phi) is 17.8. The number of likely N-dealkylation sites (N-methyl/N-ethyl adjacent to an activating group) is 1. The van der Waals surface area contributed by atoms with Crippen LogP contribution in [0.1, 0.15) is 78.1 Å². The van der Waals surface area contributed by atoms with Crippen LogP contribution >= 0.6 is 0 Å². The summed E-state index contributed by atoms with van der Waals surface area (Å²) >= 11 is 0. The zero-order valence-electron chi connectivity index (χ0n) is 14.4. The van der Waals surface area contributed by atoms with E-state index in [9.17, 15) is 0 Å². The molecule has 0 amide bonds. The number of aliphatic hydroxyl groups excluding tert-OH is 1. The maximum atomic E-state index is 8.39. The van der Waals surface area contributed by atoms with E-state index in [1.165, 1.54) is 64.2 Å².